The van der Waals surface area contributed by atoms with E-state index >= 15 is 0 Å². The molecule has 1 N–H and O–H groups in total. The van der Waals surface area contributed by atoms with Crippen molar-refractivity contribution in [2.75, 3.05) is 6.61 Å². The number of nitrogens with zero attached hydrogens (tertiary/aromatic N) is 1. The van der Waals surface area contributed by atoms with Gasteiger partial charge >= 0.3 is 0 Å². The highest BCUT2D eigenvalue weighted by Gasteiger charge is 2.17. The van der Waals surface area contributed by atoms with Gasteiger partial charge in [-0.3, -0.25) is 4.79 Å². The van der Waals surface area contributed by atoms with Crippen LogP contribution in [0.5, 0.6) is 0 Å². The number of hydrogen-bond donors (Lipinski definition) is 1. The van der Waals surface area contributed by atoms with Gasteiger partial charge in [-0.1, -0.05) is 29.3 Å². The first-order chi connectivity index (χ1) is 8.95. The smallest absolute Gasteiger partial charge is 0.223 e. The van der Waals surface area contributed by atoms with E-state index in [0.717, 1.165) is 5.56 Å². The van der Waals surface area contributed by atoms with Crippen LogP contribution in [0.25, 0.3) is 0 Å². The molecule has 1 amide bonds. The van der Waals surface area contributed by atoms with Crippen molar-refractivity contribution < 1.29 is 9.90 Å². The summed E-state index contributed by atoms with van der Waals surface area (Å²) in [7, 11) is 0. The van der Waals surface area contributed by atoms with Crippen molar-refractivity contribution in [2.45, 2.75) is 39.3 Å². The Morgan fingerprint density at radius 2 is 2.00 bits per heavy atom. The number of carbonyl (C=O) groups excluding carboxylic acids is 1. The zero-order valence-electron chi connectivity index (χ0n) is 11.2. The van der Waals surface area contributed by atoms with E-state index in [1.807, 2.05) is 19.9 Å². The van der Waals surface area contributed by atoms with E-state index in [1.54, 1.807) is 17.0 Å². The van der Waals surface area contributed by atoms with Gasteiger partial charge in [0.15, 0.2) is 0 Å². The average Bonchev–Trinajstić information content (AvgIpc) is 2.36. The predicted octanol–water partition coefficient (Wildman–Crippen LogP) is 3.50. The molecule has 1 aromatic rings. The van der Waals surface area contributed by atoms with Crippen LogP contribution in [-0.2, 0) is 11.3 Å². The summed E-state index contributed by atoms with van der Waals surface area (Å²) in [4.78, 5) is 13.8. The highest BCUT2D eigenvalue weighted by molar-refractivity contribution is 6.42. The summed E-state index contributed by atoms with van der Waals surface area (Å²) in [6.07, 6.45) is 0.847. The number of benzene rings is 1. The van der Waals surface area contributed by atoms with Crippen molar-refractivity contribution in [2.24, 2.45) is 0 Å². The Bertz CT molecular complexity index is 435. The van der Waals surface area contributed by atoms with Crippen LogP contribution in [0.2, 0.25) is 10.0 Å². The molecule has 0 spiro atoms. The van der Waals surface area contributed by atoms with Crippen molar-refractivity contribution in [3.8, 4) is 0 Å². The first-order valence-corrected chi connectivity index (χ1v) is 7.05. The maximum absolute atomic E-state index is 12.1. The van der Waals surface area contributed by atoms with Crippen molar-refractivity contribution in [3.05, 3.63) is 33.8 Å². The number of amides is 1. The van der Waals surface area contributed by atoms with Gasteiger partial charge in [0.05, 0.1) is 10.0 Å². The molecule has 1 rings (SSSR count). The lowest BCUT2D eigenvalue weighted by Crippen LogP contribution is -2.36. The molecular formula is C14H19Cl2NO2. The summed E-state index contributed by atoms with van der Waals surface area (Å²) in [6, 6.07) is 5.47. The molecule has 1 aromatic carbocycles. The minimum Gasteiger partial charge on any atom is -0.396 e. The molecule has 5 heteroatoms. The molecular weight excluding hydrogens is 285 g/mol. The normalized spacial score (nSPS) is 10.8. The fourth-order valence-corrected chi connectivity index (χ4v) is 2.09. The highest BCUT2D eigenvalue weighted by Crippen LogP contribution is 2.23. The van der Waals surface area contributed by atoms with Crippen LogP contribution in [0.4, 0.5) is 0 Å². The van der Waals surface area contributed by atoms with E-state index in [1.165, 1.54) is 0 Å². The maximum atomic E-state index is 12.1. The molecule has 0 aliphatic carbocycles. The molecule has 3 nitrogen and oxygen atoms in total. The van der Waals surface area contributed by atoms with Gasteiger partial charge in [-0.25, -0.2) is 0 Å². The van der Waals surface area contributed by atoms with Gasteiger partial charge in [-0.05, 0) is 38.0 Å². The first kappa shape index (κ1) is 16.3. The molecule has 0 atom stereocenters. The fourth-order valence-electron chi connectivity index (χ4n) is 1.77. The van der Waals surface area contributed by atoms with Gasteiger partial charge in [-0.15, -0.1) is 0 Å². The number of hydrogen-bond acceptors (Lipinski definition) is 2. The van der Waals surface area contributed by atoms with Gasteiger partial charge in [0, 0.05) is 25.6 Å². The summed E-state index contributed by atoms with van der Waals surface area (Å²) < 4.78 is 0. The van der Waals surface area contributed by atoms with Crippen LogP contribution in [0, 0.1) is 0 Å². The van der Waals surface area contributed by atoms with Gasteiger partial charge in [0.2, 0.25) is 5.91 Å². The van der Waals surface area contributed by atoms with E-state index < -0.39 is 0 Å². The van der Waals surface area contributed by atoms with Gasteiger partial charge in [-0.2, -0.15) is 0 Å². The molecule has 0 aliphatic heterocycles. The first-order valence-electron chi connectivity index (χ1n) is 6.30. The summed E-state index contributed by atoms with van der Waals surface area (Å²) in [6.45, 7) is 4.46. The third kappa shape index (κ3) is 5.01. The molecule has 0 unspecified atom stereocenters. The van der Waals surface area contributed by atoms with Crippen molar-refractivity contribution >= 4 is 29.1 Å². The lowest BCUT2D eigenvalue weighted by Gasteiger charge is -2.27. The molecule has 0 saturated carbocycles. The van der Waals surface area contributed by atoms with Crippen molar-refractivity contribution in [1.29, 1.82) is 0 Å². The standard InChI is InChI=1S/C14H19Cl2NO2/c1-10(2)17(14(19)4-3-7-18)9-11-5-6-12(15)13(16)8-11/h5-6,8,10,18H,3-4,7,9H2,1-2H3. The molecule has 19 heavy (non-hydrogen) atoms. The van der Waals surface area contributed by atoms with Crippen LogP contribution in [0.1, 0.15) is 32.3 Å². The van der Waals surface area contributed by atoms with Crippen LogP contribution in [0.3, 0.4) is 0 Å². The lowest BCUT2D eigenvalue weighted by atomic mass is 10.1. The Balaban J connectivity index is 2.77. The molecule has 0 bridgehead atoms. The number of aliphatic hydroxyl groups is 1. The van der Waals surface area contributed by atoms with Crippen LogP contribution >= 0.6 is 23.2 Å². The summed E-state index contributed by atoms with van der Waals surface area (Å²) in [5.74, 6) is 0.0372. The zero-order valence-corrected chi connectivity index (χ0v) is 12.7. The SMILES string of the molecule is CC(C)N(Cc1ccc(Cl)c(Cl)c1)C(=O)CCCO. The Labute approximate surface area is 124 Å². The average molecular weight is 304 g/mol. The molecule has 0 radical (unpaired) electrons. The van der Waals surface area contributed by atoms with E-state index in [0.29, 0.717) is 29.4 Å². The van der Waals surface area contributed by atoms with Gasteiger partial charge in [0.1, 0.15) is 0 Å². The Morgan fingerprint density at radius 1 is 1.32 bits per heavy atom. The third-order valence-electron chi connectivity index (χ3n) is 2.83. The van der Waals surface area contributed by atoms with E-state index in [9.17, 15) is 4.79 Å². The van der Waals surface area contributed by atoms with Crippen LogP contribution < -0.4 is 0 Å². The minimum atomic E-state index is 0.0322. The molecule has 0 aromatic heterocycles. The predicted molar refractivity (Wildman–Crippen MR) is 78.5 cm³/mol. The second-order valence-corrected chi connectivity index (χ2v) is 5.51. The monoisotopic (exact) mass is 303 g/mol. The highest BCUT2D eigenvalue weighted by atomic mass is 35.5. The summed E-state index contributed by atoms with van der Waals surface area (Å²) in [5.41, 5.74) is 0.945. The van der Waals surface area contributed by atoms with Gasteiger partial charge < -0.3 is 10.0 Å². The largest absolute Gasteiger partial charge is 0.396 e. The lowest BCUT2D eigenvalue weighted by molar-refractivity contribution is -0.133. The molecule has 0 fully saturated rings. The summed E-state index contributed by atoms with van der Waals surface area (Å²) >= 11 is 11.8. The number of halogens is 2. The second kappa shape index (κ2) is 7.73. The van der Waals surface area contributed by atoms with Crippen molar-refractivity contribution in [1.82, 2.24) is 4.90 Å². The third-order valence-corrected chi connectivity index (χ3v) is 3.57. The Hall–Kier alpha value is -0.770. The number of aliphatic hydroxyl groups excluding tert-OH is 1. The molecule has 106 valence electrons. The van der Waals surface area contributed by atoms with Crippen LogP contribution in [-0.4, -0.2) is 28.6 Å². The van der Waals surface area contributed by atoms with E-state index in [-0.39, 0.29) is 18.6 Å². The number of carbonyl (C=O) groups is 1. The van der Waals surface area contributed by atoms with E-state index in [4.69, 9.17) is 28.3 Å². The minimum absolute atomic E-state index is 0.0322. The summed E-state index contributed by atoms with van der Waals surface area (Å²) in [5, 5.41) is 9.79. The topological polar surface area (TPSA) is 40.5 Å². The quantitative estimate of drug-likeness (QED) is 0.874. The molecule has 0 heterocycles. The fraction of sp³-hybridized carbons (Fsp3) is 0.500. The number of rotatable bonds is 6. The van der Waals surface area contributed by atoms with E-state index in [2.05, 4.69) is 0 Å². The molecule has 0 aliphatic rings. The zero-order chi connectivity index (χ0) is 14.4. The maximum Gasteiger partial charge on any atom is 0.223 e. The van der Waals surface area contributed by atoms with Crippen LogP contribution in [0.15, 0.2) is 18.2 Å². The second-order valence-electron chi connectivity index (χ2n) is 4.69. The van der Waals surface area contributed by atoms with Gasteiger partial charge in [0.25, 0.3) is 0 Å². The Kier molecular flexibility index (Phi) is 6.63. The van der Waals surface area contributed by atoms with Crippen molar-refractivity contribution in [3.63, 3.8) is 0 Å². The molecule has 0 saturated heterocycles. The Morgan fingerprint density at radius 3 is 2.53 bits per heavy atom.